The van der Waals surface area contributed by atoms with Gasteiger partial charge in [0.1, 0.15) is 17.8 Å². The zero-order valence-electron chi connectivity index (χ0n) is 16.4. The maximum atomic E-state index is 13.8. The van der Waals surface area contributed by atoms with Gasteiger partial charge in [-0.15, -0.1) is 0 Å². The average molecular weight is 413 g/mol. The molecule has 2 heterocycles. The Morgan fingerprint density at radius 1 is 0.867 bits per heavy atom. The van der Waals surface area contributed by atoms with Crippen molar-refractivity contribution in [2.24, 2.45) is 4.99 Å². The summed E-state index contributed by atoms with van der Waals surface area (Å²) in [7, 11) is 1.64. The highest BCUT2D eigenvalue weighted by Gasteiger charge is 2.43. The lowest BCUT2D eigenvalue weighted by Crippen LogP contribution is -2.40. The molecule has 0 bridgehead atoms. The molecule has 0 aromatic heterocycles. The van der Waals surface area contributed by atoms with Gasteiger partial charge in [0, 0.05) is 5.41 Å². The number of thioether (sulfide) groups is 1. The van der Waals surface area contributed by atoms with Crippen LogP contribution in [0.5, 0.6) is 5.75 Å². The van der Waals surface area contributed by atoms with E-state index in [-0.39, 0.29) is 5.78 Å². The third kappa shape index (κ3) is 3.21. The summed E-state index contributed by atoms with van der Waals surface area (Å²) in [6, 6.07) is 26.8. The monoisotopic (exact) mass is 412 g/mol. The van der Waals surface area contributed by atoms with E-state index >= 15 is 0 Å². The van der Waals surface area contributed by atoms with E-state index < -0.39 is 12.1 Å². The number of benzene rings is 3. The molecule has 0 saturated carbocycles. The number of rotatable bonds is 4. The maximum absolute atomic E-state index is 13.8. The number of ether oxygens (including phenoxy) is 1. The fourth-order valence-corrected chi connectivity index (χ4v) is 4.86. The molecule has 2 atom stereocenters. The highest BCUT2D eigenvalue weighted by atomic mass is 32.2. The Morgan fingerprint density at radius 3 is 2.20 bits per heavy atom. The lowest BCUT2D eigenvalue weighted by atomic mass is 9.90. The van der Waals surface area contributed by atoms with Crippen LogP contribution in [0.1, 0.15) is 28.8 Å². The van der Waals surface area contributed by atoms with Gasteiger partial charge in [0.05, 0.1) is 12.8 Å². The van der Waals surface area contributed by atoms with Gasteiger partial charge in [0.25, 0.3) is 0 Å². The number of carbonyl (C=O) groups is 1. The molecule has 0 fully saturated rings. The molecule has 5 heteroatoms. The van der Waals surface area contributed by atoms with Crippen molar-refractivity contribution in [3.05, 3.63) is 107 Å². The predicted molar refractivity (Wildman–Crippen MR) is 121 cm³/mol. The molecule has 0 aliphatic carbocycles. The van der Waals surface area contributed by atoms with Crippen LogP contribution in [-0.4, -0.2) is 23.0 Å². The molecule has 2 aliphatic heterocycles. The third-order valence-electron chi connectivity index (χ3n) is 5.39. The van der Waals surface area contributed by atoms with Crippen molar-refractivity contribution in [2.75, 3.05) is 7.11 Å². The second kappa shape index (κ2) is 7.84. The molecule has 30 heavy (non-hydrogen) atoms. The number of hydrogen-bond donors (Lipinski definition) is 0. The Morgan fingerprint density at radius 2 is 1.53 bits per heavy atom. The van der Waals surface area contributed by atoms with E-state index in [1.54, 1.807) is 18.9 Å². The lowest BCUT2D eigenvalue weighted by Gasteiger charge is -2.36. The predicted octanol–water partition coefficient (Wildman–Crippen LogP) is 5.46. The average Bonchev–Trinajstić information content (AvgIpc) is 3.23. The molecule has 0 radical (unpaired) electrons. The smallest absolute Gasteiger partial charge is 0.189 e. The second-order valence-electron chi connectivity index (χ2n) is 7.16. The summed E-state index contributed by atoms with van der Waals surface area (Å²) in [5.41, 5.74) is 3.93. The highest BCUT2D eigenvalue weighted by Crippen LogP contribution is 2.46. The van der Waals surface area contributed by atoms with Gasteiger partial charge in [0.2, 0.25) is 0 Å². The summed E-state index contributed by atoms with van der Waals surface area (Å²) in [5, 5.41) is 2.94. The maximum Gasteiger partial charge on any atom is 0.189 e. The van der Waals surface area contributed by atoms with Gasteiger partial charge in [-0.25, -0.2) is 4.99 Å². The Kier molecular flexibility index (Phi) is 4.89. The number of hydrogen-bond acceptors (Lipinski definition) is 5. The number of aliphatic imine (C=N–C) groups is 1. The van der Waals surface area contributed by atoms with Crippen LogP contribution < -0.4 is 4.74 Å². The summed E-state index contributed by atoms with van der Waals surface area (Å²) in [4.78, 5) is 20.7. The van der Waals surface area contributed by atoms with Gasteiger partial charge in [-0.2, -0.15) is 0 Å². The molecule has 4 nitrogen and oxygen atoms in total. The number of ketones is 1. The SMILES string of the molecule is COc1ccc(C2N=C3SC=C(c4ccccc4)N3C(c3ccccc3)C2=O)cc1. The first-order valence-electron chi connectivity index (χ1n) is 9.78. The van der Waals surface area contributed by atoms with E-state index in [0.717, 1.165) is 33.3 Å². The largest absolute Gasteiger partial charge is 0.497 e. The first-order chi connectivity index (χ1) is 14.8. The Hall–Kier alpha value is -3.31. The van der Waals surface area contributed by atoms with Gasteiger partial charge in [-0.05, 0) is 28.8 Å². The van der Waals surface area contributed by atoms with Crippen LogP contribution in [-0.2, 0) is 4.79 Å². The lowest BCUT2D eigenvalue weighted by molar-refractivity contribution is -0.124. The zero-order chi connectivity index (χ0) is 20.5. The Balaban J connectivity index is 1.61. The molecular formula is C25H20N2O2S. The van der Waals surface area contributed by atoms with E-state index in [0.29, 0.717) is 0 Å². The standard InChI is InChI=1S/C25H20N2O2S/c1-29-20-14-12-18(13-15-20)22-24(28)23(19-10-6-3-7-11-19)27-21(16-30-25(27)26-22)17-8-4-2-5-9-17/h2-16,22-23H,1H3. The molecule has 148 valence electrons. The number of Topliss-reactive ketones (excluding diaryl/α,β-unsaturated/α-hetero) is 1. The fourth-order valence-electron chi connectivity index (χ4n) is 3.91. The number of amidine groups is 1. The fraction of sp³-hybridized carbons (Fsp3) is 0.120. The first kappa shape index (κ1) is 18.7. The van der Waals surface area contributed by atoms with Crippen molar-refractivity contribution in [2.45, 2.75) is 12.1 Å². The summed E-state index contributed by atoms with van der Waals surface area (Å²) >= 11 is 1.57. The number of nitrogens with zero attached hydrogens (tertiary/aromatic N) is 2. The number of carbonyl (C=O) groups excluding carboxylic acids is 1. The van der Waals surface area contributed by atoms with E-state index in [2.05, 4.69) is 22.4 Å². The van der Waals surface area contributed by atoms with Crippen molar-refractivity contribution in [1.82, 2.24) is 4.90 Å². The first-order valence-corrected chi connectivity index (χ1v) is 10.7. The topological polar surface area (TPSA) is 41.9 Å². The van der Waals surface area contributed by atoms with Crippen LogP contribution in [0.25, 0.3) is 5.70 Å². The number of methoxy groups -OCH3 is 1. The van der Waals surface area contributed by atoms with Crippen LogP contribution >= 0.6 is 11.8 Å². The van der Waals surface area contributed by atoms with Crippen LogP contribution in [0.2, 0.25) is 0 Å². The zero-order valence-corrected chi connectivity index (χ0v) is 17.3. The van der Waals surface area contributed by atoms with Crippen molar-refractivity contribution in [3.63, 3.8) is 0 Å². The molecule has 2 unspecified atom stereocenters. The van der Waals surface area contributed by atoms with Gasteiger partial charge >= 0.3 is 0 Å². The molecule has 3 aromatic carbocycles. The van der Waals surface area contributed by atoms with Crippen molar-refractivity contribution in [1.29, 1.82) is 0 Å². The minimum Gasteiger partial charge on any atom is -0.497 e. The summed E-state index contributed by atoms with van der Waals surface area (Å²) in [6.07, 6.45) is 0. The van der Waals surface area contributed by atoms with Crippen LogP contribution in [0.3, 0.4) is 0 Å². The molecule has 5 rings (SSSR count). The van der Waals surface area contributed by atoms with Gasteiger partial charge < -0.3 is 9.64 Å². The van der Waals surface area contributed by atoms with E-state index in [9.17, 15) is 4.79 Å². The minimum absolute atomic E-state index is 0.0689. The molecule has 0 N–H and O–H groups in total. The molecule has 3 aromatic rings. The number of fused-ring (bicyclic) bond motifs is 1. The minimum atomic E-state index is -0.539. The third-order valence-corrected chi connectivity index (χ3v) is 6.25. The van der Waals surface area contributed by atoms with Gasteiger partial charge in [0.15, 0.2) is 11.0 Å². The van der Waals surface area contributed by atoms with E-state index in [4.69, 9.17) is 9.73 Å². The van der Waals surface area contributed by atoms with Gasteiger partial charge in [-0.1, -0.05) is 84.6 Å². The van der Waals surface area contributed by atoms with Gasteiger partial charge in [-0.3, -0.25) is 4.79 Å². The van der Waals surface area contributed by atoms with E-state index in [1.807, 2.05) is 72.8 Å². The Labute approximate surface area is 179 Å². The normalized spacial score (nSPS) is 20.4. The summed E-state index contributed by atoms with van der Waals surface area (Å²) in [5.74, 6) is 0.832. The quantitative estimate of drug-likeness (QED) is 0.570. The van der Waals surface area contributed by atoms with Crippen molar-refractivity contribution < 1.29 is 9.53 Å². The van der Waals surface area contributed by atoms with Crippen LogP contribution in [0.4, 0.5) is 0 Å². The molecule has 0 amide bonds. The Bertz CT molecular complexity index is 1120. The molecule has 0 saturated heterocycles. The molecule has 2 aliphatic rings. The second-order valence-corrected chi connectivity index (χ2v) is 8.00. The summed E-state index contributed by atoms with van der Waals surface area (Å²) < 4.78 is 5.26. The van der Waals surface area contributed by atoms with Crippen molar-refractivity contribution in [3.8, 4) is 5.75 Å². The van der Waals surface area contributed by atoms with E-state index in [1.165, 1.54) is 0 Å². The van der Waals surface area contributed by atoms with Crippen molar-refractivity contribution >= 4 is 28.4 Å². The van der Waals surface area contributed by atoms with Crippen LogP contribution in [0.15, 0.2) is 95.3 Å². The van der Waals surface area contributed by atoms with Crippen LogP contribution in [0, 0.1) is 0 Å². The highest BCUT2D eigenvalue weighted by molar-refractivity contribution is 8.16. The molecule has 0 spiro atoms. The summed E-state index contributed by atoms with van der Waals surface area (Å²) in [6.45, 7) is 0. The molecular weight excluding hydrogens is 392 g/mol.